The van der Waals surface area contributed by atoms with Gasteiger partial charge in [0.05, 0.1) is 5.69 Å². The SMILES string of the molecule is CCN(CC)C(=O)c1ccc(NC(=O)COc2cc(C)c(C)nn2)cc1. The van der Waals surface area contributed by atoms with Gasteiger partial charge < -0.3 is 15.0 Å². The predicted octanol–water partition coefficient (Wildman–Crippen LogP) is 2.59. The molecule has 0 radical (unpaired) electrons. The molecule has 1 aromatic heterocycles. The lowest BCUT2D eigenvalue weighted by Gasteiger charge is -2.18. The molecular weight excluding hydrogens is 332 g/mol. The van der Waals surface area contributed by atoms with E-state index in [1.807, 2.05) is 27.7 Å². The highest BCUT2D eigenvalue weighted by molar-refractivity contribution is 5.96. The maximum atomic E-state index is 12.3. The molecule has 0 unspecified atom stereocenters. The fraction of sp³-hybridized carbons (Fsp3) is 0.368. The van der Waals surface area contributed by atoms with Crippen LogP contribution >= 0.6 is 0 Å². The molecule has 0 spiro atoms. The minimum absolute atomic E-state index is 0.0236. The Balaban J connectivity index is 1.90. The number of rotatable bonds is 7. The smallest absolute Gasteiger partial charge is 0.262 e. The molecule has 0 aliphatic carbocycles. The molecule has 0 aliphatic rings. The first-order valence-corrected chi connectivity index (χ1v) is 8.57. The molecule has 0 saturated carbocycles. The Bertz CT molecular complexity index is 771. The van der Waals surface area contributed by atoms with Crippen LogP contribution in [0.4, 0.5) is 5.69 Å². The van der Waals surface area contributed by atoms with Crippen LogP contribution in [0, 0.1) is 13.8 Å². The molecule has 2 amide bonds. The average Bonchev–Trinajstić information content (AvgIpc) is 2.64. The first-order valence-electron chi connectivity index (χ1n) is 8.57. The molecule has 0 aliphatic heterocycles. The molecule has 1 N–H and O–H groups in total. The van der Waals surface area contributed by atoms with Gasteiger partial charge in [0.25, 0.3) is 11.8 Å². The number of hydrogen-bond acceptors (Lipinski definition) is 5. The van der Waals surface area contributed by atoms with Gasteiger partial charge in [0.15, 0.2) is 6.61 Å². The first-order chi connectivity index (χ1) is 12.4. The van der Waals surface area contributed by atoms with Gasteiger partial charge in [0.2, 0.25) is 5.88 Å². The lowest BCUT2D eigenvalue weighted by Crippen LogP contribution is -2.30. The fourth-order valence-electron chi connectivity index (χ4n) is 2.32. The zero-order valence-electron chi connectivity index (χ0n) is 15.6. The van der Waals surface area contributed by atoms with Crippen LogP contribution in [-0.2, 0) is 4.79 Å². The van der Waals surface area contributed by atoms with Crippen molar-refractivity contribution < 1.29 is 14.3 Å². The van der Waals surface area contributed by atoms with E-state index >= 15 is 0 Å². The van der Waals surface area contributed by atoms with Gasteiger partial charge >= 0.3 is 0 Å². The molecule has 26 heavy (non-hydrogen) atoms. The quantitative estimate of drug-likeness (QED) is 0.824. The number of carbonyl (C=O) groups excluding carboxylic acids is 2. The second kappa shape index (κ2) is 8.94. The number of nitrogens with one attached hydrogen (secondary N) is 1. The van der Waals surface area contributed by atoms with Crippen LogP contribution in [0.25, 0.3) is 0 Å². The van der Waals surface area contributed by atoms with Gasteiger partial charge in [0.1, 0.15) is 0 Å². The summed E-state index contributed by atoms with van der Waals surface area (Å²) in [7, 11) is 0. The van der Waals surface area contributed by atoms with E-state index < -0.39 is 0 Å². The largest absolute Gasteiger partial charge is 0.466 e. The minimum atomic E-state index is -0.312. The molecule has 1 heterocycles. The van der Waals surface area contributed by atoms with Crippen molar-refractivity contribution in [3.63, 3.8) is 0 Å². The lowest BCUT2D eigenvalue weighted by atomic mass is 10.2. The summed E-state index contributed by atoms with van der Waals surface area (Å²) in [5, 5.41) is 10.6. The Kier molecular flexibility index (Phi) is 6.66. The summed E-state index contributed by atoms with van der Waals surface area (Å²) in [4.78, 5) is 26.0. The molecule has 0 saturated heterocycles. The number of benzene rings is 1. The molecular formula is C19H24N4O3. The third kappa shape index (κ3) is 5.02. The van der Waals surface area contributed by atoms with Gasteiger partial charge in [-0.3, -0.25) is 9.59 Å². The molecule has 0 fully saturated rings. The van der Waals surface area contributed by atoms with Crippen LogP contribution in [0.15, 0.2) is 30.3 Å². The summed E-state index contributed by atoms with van der Waals surface area (Å²) in [5.41, 5.74) is 2.96. The van der Waals surface area contributed by atoms with Crippen molar-refractivity contribution in [1.82, 2.24) is 15.1 Å². The van der Waals surface area contributed by atoms with E-state index in [1.54, 1.807) is 35.2 Å². The molecule has 1 aromatic carbocycles. The molecule has 7 nitrogen and oxygen atoms in total. The van der Waals surface area contributed by atoms with Gasteiger partial charge in [0, 0.05) is 30.4 Å². The number of aromatic nitrogens is 2. The second-order valence-electron chi connectivity index (χ2n) is 5.84. The standard InChI is InChI=1S/C19H24N4O3/c1-5-23(6-2)19(25)15-7-9-16(10-8-15)20-17(24)12-26-18-11-13(3)14(4)21-22-18/h7-11H,5-6,12H2,1-4H3,(H,20,24). The van der Waals surface area contributed by atoms with Gasteiger partial charge in [-0.2, -0.15) is 5.10 Å². The Morgan fingerprint density at radius 1 is 1.08 bits per heavy atom. The van der Waals surface area contributed by atoms with Crippen LogP contribution in [0.2, 0.25) is 0 Å². The maximum Gasteiger partial charge on any atom is 0.262 e. The zero-order valence-corrected chi connectivity index (χ0v) is 15.6. The van der Waals surface area contributed by atoms with Crippen molar-refractivity contribution >= 4 is 17.5 Å². The van der Waals surface area contributed by atoms with Crippen molar-refractivity contribution in [1.29, 1.82) is 0 Å². The van der Waals surface area contributed by atoms with E-state index in [-0.39, 0.29) is 18.4 Å². The third-order valence-corrected chi connectivity index (χ3v) is 4.03. The topological polar surface area (TPSA) is 84.4 Å². The number of hydrogen-bond donors (Lipinski definition) is 1. The monoisotopic (exact) mass is 356 g/mol. The Morgan fingerprint density at radius 3 is 2.31 bits per heavy atom. The third-order valence-electron chi connectivity index (χ3n) is 4.03. The van der Waals surface area contributed by atoms with Crippen molar-refractivity contribution in [2.45, 2.75) is 27.7 Å². The Morgan fingerprint density at radius 2 is 1.73 bits per heavy atom. The second-order valence-corrected chi connectivity index (χ2v) is 5.84. The summed E-state index contributed by atoms with van der Waals surface area (Å²) in [6, 6.07) is 8.54. The van der Waals surface area contributed by atoms with E-state index in [4.69, 9.17) is 4.74 Å². The van der Waals surface area contributed by atoms with Crippen LogP contribution < -0.4 is 10.1 Å². The molecule has 0 bridgehead atoms. The highest BCUT2D eigenvalue weighted by Gasteiger charge is 2.12. The average molecular weight is 356 g/mol. The zero-order chi connectivity index (χ0) is 19.1. The number of carbonyl (C=O) groups is 2. The number of anilines is 1. The first kappa shape index (κ1) is 19.4. The summed E-state index contributed by atoms with van der Waals surface area (Å²) < 4.78 is 5.35. The minimum Gasteiger partial charge on any atom is -0.466 e. The molecule has 7 heteroatoms. The van der Waals surface area contributed by atoms with Gasteiger partial charge in [-0.05, 0) is 57.5 Å². The van der Waals surface area contributed by atoms with Crippen molar-refractivity contribution in [2.24, 2.45) is 0 Å². The van der Waals surface area contributed by atoms with E-state index in [0.29, 0.717) is 30.2 Å². The summed E-state index contributed by atoms with van der Waals surface area (Å²) in [6.45, 7) is 8.79. The Hall–Kier alpha value is -2.96. The van der Waals surface area contributed by atoms with E-state index in [9.17, 15) is 9.59 Å². The molecule has 2 aromatic rings. The summed E-state index contributed by atoms with van der Waals surface area (Å²) in [5.74, 6) is -0.0270. The molecule has 0 atom stereocenters. The number of nitrogens with zero attached hydrogens (tertiary/aromatic N) is 3. The predicted molar refractivity (Wildman–Crippen MR) is 99.3 cm³/mol. The number of aryl methyl sites for hydroxylation is 2. The van der Waals surface area contributed by atoms with E-state index in [1.165, 1.54) is 0 Å². The molecule has 2 rings (SSSR count). The van der Waals surface area contributed by atoms with Crippen LogP contribution in [0.3, 0.4) is 0 Å². The number of ether oxygens (including phenoxy) is 1. The summed E-state index contributed by atoms with van der Waals surface area (Å²) in [6.07, 6.45) is 0. The van der Waals surface area contributed by atoms with Crippen LogP contribution in [0.5, 0.6) is 5.88 Å². The summed E-state index contributed by atoms with van der Waals surface area (Å²) >= 11 is 0. The normalized spacial score (nSPS) is 10.3. The lowest BCUT2D eigenvalue weighted by molar-refractivity contribution is -0.118. The van der Waals surface area contributed by atoms with Gasteiger partial charge in [-0.15, -0.1) is 5.10 Å². The highest BCUT2D eigenvalue weighted by atomic mass is 16.5. The van der Waals surface area contributed by atoms with E-state index in [2.05, 4.69) is 15.5 Å². The number of amides is 2. The van der Waals surface area contributed by atoms with Crippen molar-refractivity contribution in [2.75, 3.05) is 25.0 Å². The van der Waals surface area contributed by atoms with Crippen LogP contribution in [0.1, 0.15) is 35.5 Å². The van der Waals surface area contributed by atoms with E-state index in [0.717, 1.165) is 11.3 Å². The van der Waals surface area contributed by atoms with Gasteiger partial charge in [-0.25, -0.2) is 0 Å². The maximum absolute atomic E-state index is 12.3. The molecule has 138 valence electrons. The van der Waals surface area contributed by atoms with Crippen LogP contribution in [-0.4, -0.2) is 46.6 Å². The highest BCUT2D eigenvalue weighted by Crippen LogP contribution is 2.13. The van der Waals surface area contributed by atoms with Crippen molar-refractivity contribution in [3.8, 4) is 5.88 Å². The fourth-order valence-corrected chi connectivity index (χ4v) is 2.32. The van der Waals surface area contributed by atoms with Gasteiger partial charge in [-0.1, -0.05) is 0 Å². The Labute approximate surface area is 153 Å². The van der Waals surface area contributed by atoms with Crippen molar-refractivity contribution in [3.05, 3.63) is 47.2 Å².